The molecule has 3 aliphatic rings. The molecule has 2 aromatic carbocycles. The Balaban J connectivity index is 1.41. The molecule has 1 amide bonds. The number of piperazine rings is 1. The van der Waals surface area contributed by atoms with E-state index in [2.05, 4.69) is 35.8 Å². The van der Waals surface area contributed by atoms with Gasteiger partial charge in [0, 0.05) is 50.4 Å². The minimum atomic E-state index is -0.774. The minimum Gasteiger partial charge on any atom is -0.508 e. The summed E-state index contributed by atoms with van der Waals surface area (Å²) in [6, 6.07) is 16.0. The number of carboxylic acids is 1. The van der Waals surface area contributed by atoms with Gasteiger partial charge in [-0.15, -0.1) is 0 Å². The summed E-state index contributed by atoms with van der Waals surface area (Å²) >= 11 is 0. The highest BCUT2D eigenvalue weighted by Crippen LogP contribution is 2.37. The number of hydrogen-bond acceptors (Lipinski definition) is 5. The molecule has 7 nitrogen and oxygen atoms in total. The van der Waals surface area contributed by atoms with Gasteiger partial charge in [-0.25, -0.2) is 0 Å². The molecular weight excluding hydrogens is 466 g/mol. The van der Waals surface area contributed by atoms with Gasteiger partial charge in [-0.05, 0) is 80.8 Å². The molecule has 0 spiro atoms. The number of likely N-dealkylation sites (tertiary alicyclic amines) is 1. The van der Waals surface area contributed by atoms with Crippen LogP contribution in [0.15, 0.2) is 48.5 Å². The first kappa shape index (κ1) is 25.7. The maximum atomic E-state index is 13.4. The quantitative estimate of drug-likeness (QED) is 0.586. The van der Waals surface area contributed by atoms with Gasteiger partial charge in [0.15, 0.2) is 0 Å². The van der Waals surface area contributed by atoms with Crippen molar-refractivity contribution >= 4 is 11.9 Å². The van der Waals surface area contributed by atoms with E-state index in [1.165, 1.54) is 19.4 Å². The molecule has 2 aliphatic heterocycles. The Morgan fingerprint density at radius 2 is 1.59 bits per heavy atom. The number of hydrogen-bond donors (Lipinski definition) is 2. The summed E-state index contributed by atoms with van der Waals surface area (Å²) < 4.78 is 0. The van der Waals surface area contributed by atoms with Crippen molar-refractivity contribution in [3.8, 4) is 5.75 Å². The van der Waals surface area contributed by atoms with Gasteiger partial charge in [0.05, 0.1) is 12.0 Å². The molecule has 7 heteroatoms. The normalized spacial score (nSPS) is 24.6. The van der Waals surface area contributed by atoms with E-state index < -0.39 is 5.97 Å². The zero-order valence-electron chi connectivity index (χ0n) is 21.9. The maximum absolute atomic E-state index is 13.4. The second-order valence-electron chi connectivity index (χ2n) is 11.3. The molecule has 5 rings (SSSR count). The summed E-state index contributed by atoms with van der Waals surface area (Å²) in [6.07, 6.45) is 3.69. The van der Waals surface area contributed by atoms with Crippen molar-refractivity contribution in [1.29, 1.82) is 0 Å². The fourth-order valence-electron chi connectivity index (χ4n) is 6.10. The number of aromatic hydroxyl groups is 1. The molecule has 3 fully saturated rings. The molecule has 1 aliphatic carbocycles. The van der Waals surface area contributed by atoms with Crippen LogP contribution in [0.25, 0.3) is 0 Å². The zero-order valence-corrected chi connectivity index (χ0v) is 21.9. The monoisotopic (exact) mass is 505 g/mol. The Bertz CT molecular complexity index is 1130. The van der Waals surface area contributed by atoms with Crippen molar-refractivity contribution < 1.29 is 19.8 Å². The van der Waals surface area contributed by atoms with Gasteiger partial charge < -0.3 is 15.1 Å². The van der Waals surface area contributed by atoms with E-state index in [1.807, 2.05) is 30.3 Å². The van der Waals surface area contributed by atoms with Gasteiger partial charge in [-0.1, -0.05) is 24.3 Å². The maximum Gasteiger partial charge on any atom is 0.306 e. The molecule has 3 atom stereocenters. The van der Waals surface area contributed by atoms with Crippen LogP contribution in [0.5, 0.6) is 5.75 Å². The summed E-state index contributed by atoms with van der Waals surface area (Å²) in [7, 11) is 0. The summed E-state index contributed by atoms with van der Waals surface area (Å²) in [5.41, 5.74) is 2.68. The van der Waals surface area contributed by atoms with Crippen LogP contribution in [-0.2, 0) is 4.79 Å². The van der Waals surface area contributed by atoms with Crippen molar-refractivity contribution in [2.45, 2.75) is 57.7 Å². The Morgan fingerprint density at radius 1 is 0.919 bits per heavy atom. The Kier molecular flexibility index (Phi) is 7.54. The average molecular weight is 506 g/mol. The molecule has 0 aromatic heterocycles. The largest absolute Gasteiger partial charge is 0.508 e. The van der Waals surface area contributed by atoms with Crippen LogP contribution in [-0.4, -0.2) is 81.6 Å². The number of carbonyl (C=O) groups is 2. The van der Waals surface area contributed by atoms with Gasteiger partial charge in [0.25, 0.3) is 5.91 Å². The van der Waals surface area contributed by atoms with Gasteiger partial charge in [0.2, 0.25) is 0 Å². The van der Waals surface area contributed by atoms with E-state index in [0.29, 0.717) is 43.6 Å². The number of phenolic OH excluding ortho intramolecular Hbond substituents is 1. The topological polar surface area (TPSA) is 84.3 Å². The van der Waals surface area contributed by atoms with Crippen molar-refractivity contribution in [3.05, 3.63) is 65.2 Å². The van der Waals surface area contributed by atoms with E-state index in [-0.39, 0.29) is 23.6 Å². The number of carboxylic acid groups (broad SMARTS) is 1. The van der Waals surface area contributed by atoms with Crippen molar-refractivity contribution in [2.24, 2.45) is 11.8 Å². The van der Waals surface area contributed by atoms with Crippen LogP contribution in [0, 0.1) is 11.8 Å². The van der Waals surface area contributed by atoms with Crippen molar-refractivity contribution in [3.63, 3.8) is 0 Å². The molecule has 37 heavy (non-hydrogen) atoms. The smallest absolute Gasteiger partial charge is 0.306 e. The predicted octanol–water partition coefficient (Wildman–Crippen LogP) is 4.22. The highest BCUT2D eigenvalue weighted by Gasteiger charge is 2.37. The van der Waals surface area contributed by atoms with Crippen LogP contribution in [0.4, 0.5) is 0 Å². The first-order valence-corrected chi connectivity index (χ1v) is 13.7. The lowest BCUT2D eigenvalue weighted by atomic mass is 9.92. The molecule has 1 saturated carbocycles. The lowest BCUT2D eigenvalue weighted by Crippen LogP contribution is -2.57. The van der Waals surface area contributed by atoms with Gasteiger partial charge >= 0.3 is 5.97 Å². The van der Waals surface area contributed by atoms with E-state index in [1.54, 1.807) is 11.0 Å². The third-order valence-electron chi connectivity index (χ3n) is 8.45. The van der Waals surface area contributed by atoms with Crippen LogP contribution in [0.3, 0.4) is 0 Å². The Hall–Kier alpha value is -2.90. The number of benzene rings is 2. The number of carbonyl (C=O) groups excluding carboxylic acids is 1. The molecule has 2 heterocycles. The number of piperidine rings is 1. The second-order valence-corrected chi connectivity index (χ2v) is 11.3. The lowest BCUT2D eigenvalue weighted by Gasteiger charge is -2.48. The summed E-state index contributed by atoms with van der Waals surface area (Å²) in [6.45, 7) is 8.61. The second kappa shape index (κ2) is 10.8. The van der Waals surface area contributed by atoms with Crippen molar-refractivity contribution in [1.82, 2.24) is 14.7 Å². The number of phenols is 1. The molecule has 2 aromatic rings. The fourth-order valence-corrected chi connectivity index (χ4v) is 6.10. The van der Waals surface area contributed by atoms with Crippen LogP contribution >= 0.6 is 0 Å². The minimum absolute atomic E-state index is 0.0454. The molecule has 3 unspecified atom stereocenters. The SMILES string of the molecule is CC1CN(C(c2cccc(O)c2)c2cccc(C(=O)N3CCC(C(=O)O)CC3)c2)C(C)CN1CC1CC1. The Labute approximate surface area is 219 Å². The first-order chi connectivity index (χ1) is 17.8. The summed E-state index contributed by atoms with van der Waals surface area (Å²) in [4.78, 5) is 31.7. The van der Waals surface area contributed by atoms with E-state index in [9.17, 15) is 19.8 Å². The lowest BCUT2D eigenvalue weighted by molar-refractivity contribution is -0.143. The van der Waals surface area contributed by atoms with E-state index in [4.69, 9.17) is 0 Å². The average Bonchev–Trinajstić information content (AvgIpc) is 3.71. The van der Waals surface area contributed by atoms with Gasteiger partial charge in [-0.3, -0.25) is 19.4 Å². The third-order valence-corrected chi connectivity index (χ3v) is 8.45. The first-order valence-electron chi connectivity index (χ1n) is 13.7. The van der Waals surface area contributed by atoms with E-state index >= 15 is 0 Å². The van der Waals surface area contributed by atoms with Crippen LogP contribution < -0.4 is 0 Å². The summed E-state index contributed by atoms with van der Waals surface area (Å²) in [5, 5.41) is 19.6. The summed E-state index contributed by atoms with van der Waals surface area (Å²) in [5.74, 6) is -0.0948. The fraction of sp³-hybridized carbons (Fsp3) is 0.533. The number of nitrogens with zero attached hydrogens (tertiary/aromatic N) is 3. The Morgan fingerprint density at radius 3 is 2.24 bits per heavy atom. The number of amides is 1. The highest BCUT2D eigenvalue weighted by molar-refractivity contribution is 5.94. The molecule has 198 valence electrons. The number of aliphatic carboxylic acids is 1. The van der Waals surface area contributed by atoms with Crippen molar-refractivity contribution in [2.75, 3.05) is 32.7 Å². The van der Waals surface area contributed by atoms with E-state index in [0.717, 1.165) is 30.1 Å². The van der Waals surface area contributed by atoms with Gasteiger partial charge in [-0.2, -0.15) is 0 Å². The number of rotatable bonds is 7. The molecule has 0 radical (unpaired) electrons. The van der Waals surface area contributed by atoms with Crippen LogP contribution in [0.2, 0.25) is 0 Å². The predicted molar refractivity (Wildman–Crippen MR) is 143 cm³/mol. The zero-order chi connectivity index (χ0) is 26.1. The molecule has 0 bridgehead atoms. The molecular formula is C30H39N3O4. The molecule has 2 saturated heterocycles. The standard InChI is InChI=1S/C30H39N3O4/c1-20-18-33(21(2)17-32(20)19-22-9-10-22)28(25-6-4-8-27(34)16-25)24-5-3-7-26(15-24)29(35)31-13-11-23(12-14-31)30(36)37/h3-8,15-16,20-23,28,34H,9-14,17-19H2,1-2H3,(H,36,37). The highest BCUT2D eigenvalue weighted by atomic mass is 16.4. The molecule has 2 N–H and O–H groups in total. The third kappa shape index (κ3) is 5.83. The van der Waals surface area contributed by atoms with Crippen LogP contribution in [0.1, 0.15) is 67.1 Å². The van der Waals surface area contributed by atoms with Gasteiger partial charge in [0.1, 0.15) is 5.75 Å².